The number of halogens is 1. The monoisotopic (exact) mass is 473 g/mol. The first-order chi connectivity index (χ1) is 12.2. The van der Waals surface area contributed by atoms with Gasteiger partial charge in [0.05, 0.1) is 13.2 Å². The Labute approximate surface area is 174 Å². The van der Waals surface area contributed by atoms with Crippen LogP contribution in [0.1, 0.15) is 36.5 Å². The summed E-state index contributed by atoms with van der Waals surface area (Å²) < 4.78 is 11.3. The molecule has 26 heavy (non-hydrogen) atoms. The lowest BCUT2D eigenvalue weighted by Gasteiger charge is -2.36. The van der Waals surface area contributed by atoms with Gasteiger partial charge in [-0.1, -0.05) is 24.3 Å². The second-order valence-electron chi connectivity index (χ2n) is 7.31. The number of nitrogens with zero attached hydrogens (tertiary/aromatic N) is 2. The summed E-state index contributed by atoms with van der Waals surface area (Å²) in [7, 11) is 3.65. The molecule has 6 heteroatoms. The fourth-order valence-electron chi connectivity index (χ4n) is 3.59. The molecule has 1 aromatic carbocycles. The van der Waals surface area contributed by atoms with Gasteiger partial charge >= 0.3 is 0 Å². The maximum absolute atomic E-state index is 6.04. The van der Waals surface area contributed by atoms with E-state index in [1.807, 2.05) is 7.05 Å². The Bertz CT molecular complexity index is 604. The van der Waals surface area contributed by atoms with Crippen molar-refractivity contribution in [3.05, 3.63) is 35.4 Å². The molecular weight excluding hydrogens is 441 g/mol. The largest absolute Gasteiger partial charge is 0.385 e. The standard InChI is InChI=1S/C20H31N3O2.HI/c1-16-6-4-5-7-17(16)18-14-23(11-13-25-18)19(21-2)22-15-20(8-9-20)10-12-24-3;/h4-7,18H,8-15H2,1-3H3,(H,21,22);1H. The van der Waals surface area contributed by atoms with Gasteiger partial charge in [0, 0.05) is 33.9 Å². The van der Waals surface area contributed by atoms with Crippen molar-refractivity contribution in [1.29, 1.82) is 0 Å². The minimum absolute atomic E-state index is 0. The number of rotatable bonds is 6. The smallest absolute Gasteiger partial charge is 0.193 e. The van der Waals surface area contributed by atoms with E-state index in [0.29, 0.717) is 5.41 Å². The van der Waals surface area contributed by atoms with Gasteiger partial charge in [-0.25, -0.2) is 0 Å². The summed E-state index contributed by atoms with van der Waals surface area (Å²) >= 11 is 0. The lowest BCUT2D eigenvalue weighted by atomic mass is 10.0. The van der Waals surface area contributed by atoms with Crippen LogP contribution in [0.2, 0.25) is 0 Å². The summed E-state index contributed by atoms with van der Waals surface area (Å²) in [5.74, 6) is 0.991. The summed E-state index contributed by atoms with van der Waals surface area (Å²) in [5, 5.41) is 3.60. The quantitative estimate of drug-likeness (QED) is 0.391. The molecule has 0 radical (unpaired) electrons. The van der Waals surface area contributed by atoms with E-state index >= 15 is 0 Å². The van der Waals surface area contributed by atoms with Crippen molar-refractivity contribution in [3.8, 4) is 0 Å². The maximum atomic E-state index is 6.04. The Hall–Kier alpha value is -0.860. The number of ether oxygens (including phenoxy) is 2. The van der Waals surface area contributed by atoms with Gasteiger partial charge in [0.2, 0.25) is 0 Å². The van der Waals surface area contributed by atoms with Crippen LogP contribution in [0.4, 0.5) is 0 Å². The number of hydrogen-bond donors (Lipinski definition) is 1. The molecule has 0 amide bonds. The SMILES string of the molecule is CN=C(NCC1(CCOC)CC1)N1CCOC(c2ccccc2C)C1.I. The van der Waals surface area contributed by atoms with E-state index < -0.39 is 0 Å². The molecule has 0 spiro atoms. The predicted octanol–water partition coefficient (Wildman–Crippen LogP) is 3.38. The van der Waals surface area contributed by atoms with Gasteiger partial charge in [0.25, 0.3) is 0 Å². The summed E-state index contributed by atoms with van der Waals surface area (Å²) in [6.07, 6.45) is 3.81. The van der Waals surface area contributed by atoms with E-state index in [-0.39, 0.29) is 30.1 Å². The third kappa shape index (κ3) is 5.33. The number of aryl methyl sites for hydroxylation is 1. The molecule has 1 aliphatic heterocycles. The van der Waals surface area contributed by atoms with Gasteiger partial charge in [-0.05, 0) is 42.7 Å². The molecule has 1 N–H and O–H groups in total. The van der Waals surface area contributed by atoms with Crippen molar-refractivity contribution < 1.29 is 9.47 Å². The summed E-state index contributed by atoms with van der Waals surface area (Å²) in [4.78, 5) is 6.84. The highest BCUT2D eigenvalue weighted by Crippen LogP contribution is 2.48. The number of morpholine rings is 1. The van der Waals surface area contributed by atoms with Crippen LogP contribution in [-0.2, 0) is 9.47 Å². The Morgan fingerprint density at radius 3 is 2.81 bits per heavy atom. The van der Waals surface area contributed by atoms with Crippen LogP contribution in [0.5, 0.6) is 0 Å². The normalized spacial score (nSPS) is 21.9. The molecule has 5 nitrogen and oxygen atoms in total. The highest BCUT2D eigenvalue weighted by Gasteiger charge is 2.42. The molecule has 3 rings (SSSR count). The van der Waals surface area contributed by atoms with Crippen LogP contribution in [0.25, 0.3) is 0 Å². The molecule has 0 aromatic heterocycles. The van der Waals surface area contributed by atoms with Crippen molar-refractivity contribution in [2.45, 2.75) is 32.3 Å². The van der Waals surface area contributed by atoms with Gasteiger partial charge in [0.1, 0.15) is 6.10 Å². The maximum Gasteiger partial charge on any atom is 0.193 e. The van der Waals surface area contributed by atoms with Crippen LogP contribution in [0.15, 0.2) is 29.3 Å². The Balaban J connectivity index is 0.00000243. The first-order valence-corrected chi connectivity index (χ1v) is 9.29. The van der Waals surface area contributed by atoms with E-state index in [1.54, 1.807) is 7.11 Å². The molecule has 1 saturated carbocycles. The molecule has 1 aromatic rings. The summed E-state index contributed by atoms with van der Waals surface area (Å²) in [6, 6.07) is 8.49. The van der Waals surface area contributed by atoms with E-state index in [9.17, 15) is 0 Å². The van der Waals surface area contributed by atoms with Crippen LogP contribution in [-0.4, -0.2) is 57.9 Å². The van der Waals surface area contributed by atoms with Crippen molar-refractivity contribution >= 4 is 29.9 Å². The third-order valence-electron chi connectivity index (χ3n) is 5.53. The lowest BCUT2D eigenvalue weighted by molar-refractivity contribution is -0.00840. The minimum atomic E-state index is 0. The molecule has 1 heterocycles. The highest BCUT2D eigenvalue weighted by atomic mass is 127. The molecular formula is C20H32IN3O2. The molecule has 1 atom stereocenters. The van der Waals surface area contributed by atoms with Gasteiger partial charge < -0.3 is 19.7 Å². The number of aliphatic imine (C=N–C) groups is 1. The molecule has 1 aliphatic carbocycles. The van der Waals surface area contributed by atoms with Crippen molar-refractivity contribution in [2.75, 3.05) is 47.0 Å². The number of benzene rings is 1. The zero-order valence-corrected chi connectivity index (χ0v) is 18.5. The van der Waals surface area contributed by atoms with Crippen molar-refractivity contribution in [3.63, 3.8) is 0 Å². The molecule has 0 bridgehead atoms. The fraction of sp³-hybridized carbons (Fsp3) is 0.650. The second kappa shape index (κ2) is 9.90. The first-order valence-electron chi connectivity index (χ1n) is 9.29. The van der Waals surface area contributed by atoms with Gasteiger partial charge in [-0.3, -0.25) is 4.99 Å². The second-order valence-corrected chi connectivity index (χ2v) is 7.31. The summed E-state index contributed by atoms with van der Waals surface area (Å²) in [6.45, 7) is 6.43. The van der Waals surface area contributed by atoms with Crippen LogP contribution >= 0.6 is 24.0 Å². The first kappa shape index (κ1) is 21.4. The van der Waals surface area contributed by atoms with E-state index in [4.69, 9.17) is 9.47 Å². The number of guanidine groups is 1. The van der Waals surface area contributed by atoms with Crippen LogP contribution < -0.4 is 5.32 Å². The average Bonchev–Trinajstić information content (AvgIpc) is 3.41. The Kier molecular flexibility index (Phi) is 8.16. The van der Waals surface area contributed by atoms with Crippen LogP contribution in [0.3, 0.4) is 0 Å². The van der Waals surface area contributed by atoms with Gasteiger partial charge in [-0.15, -0.1) is 24.0 Å². The minimum Gasteiger partial charge on any atom is -0.385 e. The highest BCUT2D eigenvalue weighted by molar-refractivity contribution is 14.0. The summed E-state index contributed by atoms with van der Waals surface area (Å²) in [5.41, 5.74) is 2.98. The zero-order valence-electron chi connectivity index (χ0n) is 16.2. The zero-order chi connectivity index (χ0) is 17.7. The van der Waals surface area contributed by atoms with Crippen molar-refractivity contribution in [2.24, 2.45) is 10.4 Å². The average molecular weight is 473 g/mol. The van der Waals surface area contributed by atoms with E-state index in [1.165, 1.54) is 24.0 Å². The van der Waals surface area contributed by atoms with Gasteiger partial charge in [0.15, 0.2) is 5.96 Å². The van der Waals surface area contributed by atoms with E-state index in [0.717, 1.165) is 45.2 Å². The Morgan fingerprint density at radius 1 is 1.38 bits per heavy atom. The molecule has 2 aliphatic rings. The number of methoxy groups -OCH3 is 1. The topological polar surface area (TPSA) is 46.1 Å². The fourth-order valence-corrected chi connectivity index (χ4v) is 3.59. The van der Waals surface area contributed by atoms with E-state index in [2.05, 4.69) is 46.4 Å². The molecule has 1 unspecified atom stereocenters. The molecule has 1 saturated heterocycles. The van der Waals surface area contributed by atoms with Crippen molar-refractivity contribution in [1.82, 2.24) is 10.2 Å². The Morgan fingerprint density at radius 2 is 2.15 bits per heavy atom. The lowest BCUT2D eigenvalue weighted by Crippen LogP contribution is -2.49. The number of nitrogens with one attached hydrogen (secondary N) is 1. The van der Waals surface area contributed by atoms with Crippen LogP contribution in [0, 0.1) is 12.3 Å². The molecule has 146 valence electrons. The number of hydrogen-bond acceptors (Lipinski definition) is 3. The molecule has 2 fully saturated rings. The predicted molar refractivity (Wildman–Crippen MR) is 116 cm³/mol. The van der Waals surface area contributed by atoms with Gasteiger partial charge in [-0.2, -0.15) is 0 Å². The third-order valence-corrected chi connectivity index (χ3v) is 5.53.